The van der Waals surface area contributed by atoms with Crippen molar-refractivity contribution in [2.45, 2.75) is 44.2 Å². The molecule has 2 aliphatic heterocycles. The summed E-state index contributed by atoms with van der Waals surface area (Å²) < 4.78 is 26.3. The second-order valence-electron chi connectivity index (χ2n) is 7.01. The van der Waals surface area contributed by atoms with Crippen LogP contribution < -0.4 is 5.73 Å². The molecule has 0 bridgehead atoms. The molecule has 0 radical (unpaired) electrons. The van der Waals surface area contributed by atoms with Gasteiger partial charge in [0.25, 0.3) is 0 Å². The predicted molar refractivity (Wildman–Crippen MR) is 105 cm³/mol. The van der Waals surface area contributed by atoms with Gasteiger partial charge in [-0.2, -0.15) is 4.31 Å². The minimum absolute atomic E-state index is 0. The molecule has 8 heteroatoms. The molecule has 2 aliphatic rings. The molecule has 2 saturated heterocycles. The van der Waals surface area contributed by atoms with Crippen molar-refractivity contribution in [3.63, 3.8) is 0 Å². The van der Waals surface area contributed by atoms with E-state index in [0.717, 1.165) is 12.0 Å². The van der Waals surface area contributed by atoms with Crippen LogP contribution in [0.1, 0.15) is 37.7 Å². The largest absolute Gasteiger partial charge is 0.339 e. The van der Waals surface area contributed by atoms with Crippen molar-refractivity contribution >= 4 is 28.3 Å². The van der Waals surface area contributed by atoms with Crippen LogP contribution in [0.3, 0.4) is 0 Å². The Balaban J connectivity index is 0.00000243. The van der Waals surface area contributed by atoms with E-state index in [1.54, 1.807) is 4.90 Å². The minimum atomic E-state index is -3.36. The number of amides is 1. The van der Waals surface area contributed by atoms with E-state index in [-0.39, 0.29) is 36.0 Å². The summed E-state index contributed by atoms with van der Waals surface area (Å²) in [6.45, 7) is 3.33. The van der Waals surface area contributed by atoms with Gasteiger partial charge in [-0.15, -0.1) is 12.4 Å². The average molecular weight is 402 g/mol. The zero-order valence-electron chi connectivity index (χ0n) is 15.1. The second-order valence-corrected chi connectivity index (χ2v) is 9.05. The third kappa shape index (κ3) is 4.22. The fourth-order valence-electron chi connectivity index (χ4n) is 3.97. The van der Waals surface area contributed by atoms with Gasteiger partial charge in [0.05, 0.1) is 5.75 Å². The van der Waals surface area contributed by atoms with Crippen molar-refractivity contribution in [1.82, 2.24) is 9.21 Å². The third-order valence-electron chi connectivity index (χ3n) is 5.21. The number of halogens is 1. The van der Waals surface area contributed by atoms with Gasteiger partial charge in [-0.3, -0.25) is 4.79 Å². The van der Waals surface area contributed by atoms with E-state index in [2.05, 4.69) is 0 Å². The first-order valence-corrected chi connectivity index (χ1v) is 10.6. The van der Waals surface area contributed by atoms with Crippen LogP contribution >= 0.6 is 12.4 Å². The number of rotatable bonds is 5. The lowest BCUT2D eigenvalue weighted by Gasteiger charge is -2.27. The molecule has 0 saturated carbocycles. The number of sulfonamides is 1. The van der Waals surface area contributed by atoms with E-state index in [9.17, 15) is 13.2 Å². The molecule has 6 nitrogen and oxygen atoms in total. The maximum Gasteiger partial charge on any atom is 0.241 e. The standard InChI is InChI=1S/C18H27N3O3S.ClH/c1-2-11-25(23,24)21-10-6-9-17(21)18(22)20-12-15(16(19)13-20)14-7-4-3-5-8-14;/h3-5,7-8,15-17H,2,6,9-13,19H2,1H3;1H/t15-,16+,17?;/m0./s1. The first-order valence-electron chi connectivity index (χ1n) is 9.03. The van der Waals surface area contributed by atoms with Gasteiger partial charge in [0.2, 0.25) is 15.9 Å². The number of nitrogens with two attached hydrogens (primary N) is 1. The highest BCUT2D eigenvalue weighted by Crippen LogP contribution is 2.30. The summed E-state index contributed by atoms with van der Waals surface area (Å²) in [6, 6.07) is 9.30. The maximum absolute atomic E-state index is 13.0. The summed E-state index contributed by atoms with van der Waals surface area (Å²) in [5.74, 6) is 0.112. The Hall–Kier alpha value is -1.15. The number of benzene rings is 1. The van der Waals surface area contributed by atoms with Gasteiger partial charge in [-0.25, -0.2) is 8.42 Å². The van der Waals surface area contributed by atoms with Crippen LogP contribution in [0.2, 0.25) is 0 Å². The zero-order valence-corrected chi connectivity index (χ0v) is 16.7. The van der Waals surface area contributed by atoms with Gasteiger partial charge in [-0.05, 0) is 24.8 Å². The monoisotopic (exact) mass is 401 g/mol. The third-order valence-corrected chi connectivity index (χ3v) is 7.29. The molecule has 1 unspecified atom stereocenters. The van der Waals surface area contributed by atoms with Crippen LogP contribution in [-0.4, -0.2) is 61.0 Å². The smallest absolute Gasteiger partial charge is 0.241 e. The van der Waals surface area contributed by atoms with E-state index < -0.39 is 16.1 Å². The summed E-state index contributed by atoms with van der Waals surface area (Å²) in [4.78, 5) is 14.8. The lowest BCUT2D eigenvalue weighted by atomic mass is 9.95. The number of likely N-dealkylation sites (tertiary alicyclic amines) is 1. The Morgan fingerprint density at radius 1 is 1.23 bits per heavy atom. The summed E-state index contributed by atoms with van der Waals surface area (Å²) in [7, 11) is -3.36. The van der Waals surface area contributed by atoms with Crippen molar-refractivity contribution in [2.24, 2.45) is 5.73 Å². The number of hydrogen-bond acceptors (Lipinski definition) is 4. The molecule has 2 fully saturated rings. The lowest BCUT2D eigenvalue weighted by molar-refractivity contribution is -0.133. The lowest BCUT2D eigenvalue weighted by Crippen LogP contribution is -2.48. The summed E-state index contributed by atoms with van der Waals surface area (Å²) >= 11 is 0. The van der Waals surface area contributed by atoms with Crippen molar-refractivity contribution in [2.75, 3.05) is 25.4 Å². The highest BCUT2D eigenvalue weighted by molar-refractivity contribution is 7.89. The van der Waals surface area contributed by atoms with E-state index in [1.165, 1.54) is 4.31 Å². The first-order chi connectivity index (χ1) is 11.9. The van der Waals surface area contributed by atoms with Crippen LogP contribution in [0.4, 0.5) is 0 Å². The molecule has 26 heavy (non-hydrogen) atoms. The van der Waals surface area contributed by atoms with Gasteiger partial charge in [0.15, 0.2) is 0 Å². The number of nitrogens with zero attached hydrogens (tertiary/aromatic N) is 2. The molecule has 1 aromatic carbocycles. The minimum Gasteiger partial charge on any atom is -0.339 e. The quantitative estimate of drug-likeness (QED) is 0.811. The van der Waals surface area contributed by atoms with Gasteiger partial charge in [0.1, 0.15) is 6.04 Å². The highest BCUT2D eigenvalue weighted by atomic mass is 35.5. The second kappa shape index (κ2) is 8.69. The molecule has 0 aliphatic carbocycles. The summed E-state index contributed by atoms with van der Waals surface area (Å²) in [6.07, 6.45) is 1.90. The maximum atomic E-state index is 13.0. The molecular formula is C18H28ClN3O3S. The SMILES string of the molecule is CCCS(=O)(=O)N1CCCC1C(=O)N1C[C@@H](N)[C@H](c2ccccc2)C1.Cl. The van der Waals surface area contributed by atoms with Gasteiger partial charge in [0, 0.05) is 31.6 Å². The Morgan fingerprint density at radius 2 is 1.92 bits per heavy atom. The Labute approximate surface area is 162 Å². The molecule has 2 N–H and O–H groups in total. The Morgan fingerprint density at radius 3 is 2.58 bits per heavy atom. The topological polar surface area (TPSA) is 83.7 Å². The van der Waals surface area contributed by atoms with E-state index >= 15 is 0 Å². The van der Waals surface area contributed by atoms with Crippen LogP contribution in [0.15, 0.2) is 30.3 Å². The molecule has 1 amide bonds. The fraction of sp³-hybridized carbons (Fsp3) is 0.611. The van der Waals surface area contributed by atoms with Crippen molar-refractivity contribution in [3.8, 4) is 0 Å². The molecule has 2 heterocycles. The molecule has 3 rings (SSSR count). The summed E-state index contributed by atoms with van der Waals surface area (Å²) in [5, 5.41) is 0. The molecule has 146 valence electrons. The average Bonchev–Trinajstić information content (AvgIpc) is 3.22. The van der Waals surface area contributed by atoms with Crippen molar-refractivity contribution in [1.29, 1.82) is 0 Å². The molecular weight excluding hydrogens is 374 g/mol. The molecule has 0 spiro atoms. The van der Waals surface area contributed by atoms with Gasteiger partial charge < -0.3 is 10.6 Å². The van der Waals surface area contributed by atoms with Crippen LogP contribution in [0.25, 0.3) is 0 Å². The summed E-state index contributed by atoms with van der Waals surface area (Å²) in [5.41, 5.74) is 7.41. The van der Waals surface area contributed by atoms with E-state index in [4.69, 9.17) is 5.73 Å². The number of hydrogen-bond donors (Lipinski definition) is 1. The predicted octanol–water partition coefficient (Wildman–Crippen LogP) is 1.57. The van der Waals surface area contributed by atoms with E-state index in [0.29, 0.717) is 32.5 Å². The number of carbonyl (C=O) groups is 1. The zero-order chi connectivity index (χ0) is 18.0. The first kappa shape index (κ1) is 21.2. The molecule has 3 atom stereocenters. The number of carbonyl (C=O) groups excluding carboxylic acids is 1. The molecule has 1 aromatic rings. The van der Waals surface area contributed by atoms with E-state index in [1.807, 2.05) is 37.3 Å². The van der Waals surface area contributed by atoms with Crippen LogP contribution in [-0.2, 0) is 14.8 Å². The van der Waals surface area contributed by atoms with Crippen LogP contribution in [0, 0.1) is 0 Å². The Kier molecular flexibility index (Phi) is 7.07. The normalized spacial score (nSPS) is 26.7. The van der Waals surface area contributed by atoms with Crippen molar-refractivity contribution < 1.29 is 13.2 Å². The van der Waals surface area contributed by atoms with Crippen molar-refractivity contribution in [3.05, 3.63) is 35.9 Å². The Bertz CT molecular complexity index is 714. The van der Waals surface area contributed by atoms with Gasteiger partial charge in [-0.1, -0.05) is 37.3 Å². The fourth-order valence-corrected chi connectivity index (χ4v) is 5.71. The van der Waals surface area contributed by atoms with Crippen LogP contribution in [0.5, 0.6) is 0 Å². The highest BCUT2D eigenvalue weighted by Gasteiger charge is 2.43. The van der Waals surface area contributed by atoms with Gasteiger partial charge >= 0.3 is 0 Å². The molecule has 0 aromatic heterocycles.